The predicted molar refractivity (Wildman–Crippen MR) is 70.6 cm³/mol. The van der Waals surface area contributed by atoms with E-state index >= 15 is 0 Å². The summed E-state index contributed by atoms with van der Waals surface area (Å²) in [6.45, 7) is 0.284. The maximum Gasteiger partial charge on any atom is 0.511 e. The molecular formula is C15H11NO4. The lowest BCUT2D eigenvalue weighted by Crippen LogP contribution is -2.03. The van der Waals surface area contributed by atoms with Crippen LogP contribution in [0.4, 0.5) is 4.79 Å². The molecule has 5 heteroatoms. The van der Waals surface area contributed by atoms with Gasteiger partial charge in [-0.3, -0.25) is 0 Å². The van der Waals surface area contributed by atoms with Crippen LogP contribution in [0.3, 0.4) is 0 Å². The normalized spacial score (nSPS) is 9.55. The van der Waals surface area contributed by atoms with Gasteiger partial charge in [0, 0.05) is 0 Å². The number of nitriles is 1. The zero-order chi connectivity index (χ0) is 14.4. The minimum atomic E-state index is -1.35. The molecule has 0 amide bonds. The first-order chi connectivity index (χ1) is 9.69. The number of para-hydroxylation sites is 1. The van der Waals surface area contributed by atoms with E-state index in [4.69, 9.17) is 15.1 Å². The molecule has 0 aromatic heterocycles. The number of nitrogens with zero attached hydrogens (tertiary/aromatic N) is 1. The molecule has 1 N–H and O–H groups in total. The Balaban J connectivity index is 2.01. The number of rotatable bonds is 4. The lowest BCUT2D eigenvalue weighted by molar-refractivity contribution is 0.144. The summed E-state index contributed by atoms with van der Waals surface area (Å²) < 4.78 is 10.1. The number of hydrogen-bond donors (Lipinski definition) is 1. The van der Waals surface area contributed by atoms with Gasteiger partial charge in [-0.15, -0.1) is 0 Å². The summed E-state index contributed by atoms with van der Waals surface area (Å²) in [7, 11) is 0. The van der Waals surface area contributed by atoms with Crippen LogP contribution in [0, 0.1) is 11.3 Å². The van der Waals surface area contributed by atoms with Gasteiger partial charge in [-0.25, -0.2) is 4.79 Å². The van der Waals surface area contributed by atoms with Crippen molar-refractivity contribution in [2.24, 2.45) is 0 Å². The fourth-order valence-electron chi connectivity index (χ4n) is 1.60. The van der Waals surface area contributed by atoms with E-state index in [0.29, 0.717) is 11.3 Å². The van der Waals surface area contributed by atoms with Crippen LogP contribution in [0.5, 0.6) is 11.5 Å². The van der Waals surface area contributed by atoms with Crippen molar-refractivity contribution in [1.82, 2.24) is 0 Å². The summed E-state index contributed by atoms with van der Waals surface area (Å²) in [6, 6.07) is 15.5. The first kappa shape index (κ1) is 13.4. The fraction of sp³-hybridized carbons (Fsp3) is 0.0667. The van der Waals surface area contributed by atoms with E-state index in [1.54, 1.807) is 48.5 Å². The van der Waals surface area contributed by atoms with Crippen LogP contribution in [0.1, 0.15) is 11.1 Å². The maximum absolute atomic E-state index is 10.4. The molecule has 100 valence electrons. The SMILES string of the molecule is N#Cc1ccccc1OCc1ccc(OC(=O)O)cc1. The lowest BCUT2D eigenvalue weighted by atomic mass is 10.2. The van der Waals surface area contributed by atoms with Gasteiger partial charge < -0.3 is 14.6 Å². The molecule has 0 atom stereocenters. The summed E-state index contributed by atoms with van der Waals surface area (Å²) >= 11 is 0. The van der Waals surface area contributed by atoms with Crippen LogP contribution in [0.25, 0.3) is 0 Å². The Bertz CT molecular complexity index is 644. The van der Waals surface area contributed by atoms with Crippen LogP contribution in [-0.4, -0.2) is 11.3 Å². The van der Waals surface area contributed by atoms with Gasteiger partial charge >= 0.3 is 6.16 Å². The smallest absolute Gasteiger partial charge is 0.488 e. The first-order valence-electron chi connectivity index (χ1n) is 5.80. The van der Waals surface area contributed by atoms with Crippen LogP contribution in [0.2, 0.25) is 0 Å². The maximum atomic E-state index is 10.4. The number of carboxylic acid groups (broad SMARTS) is 1. The zero-order valence-corrected chi connectivity index (χ0v) is 10.4. The summed E-state index contributed by atoms with van der Waals surface area (Å²) in [5, 5.41) is 17.4. The summed E-state index contributed by atoms with van der Waals surface area (Å²) in [5.41, 5.74) is 1.31. The summed E-state index contributed by atoms with van der Waals surface area (Å²) in [5.74, 6) is 0.763. The highest BCUT2D eigenvalue weighted by Gasteiger charge is 2.03. The van der Waals surface area contributed by atoms with Crippen molar-refractivity contribution in [2.75, 3.05) is 0 Å². The van der Waals surface area contributed by atoms with Crippen molar-refractivity contribution in [1.29, 1.82) is 5.26 Å². The Kier molecular flexibility index (Phi) is 4.20. The molecular weight excluding hydrogens is 258 g/mol. The molecule has 0 fully saturated rings. The van der Waals surface area contributed by atoms with Crippen LogP contribution >= 0.6 is 0 Å². The highest BCUT2D eigenvalue weighted by atomic mass is 16.7. The Labute approximate surface area is 115 Å². The molecule has 2 rings (SSSR count). The molecule has 0 aliphatic heterocycles. The third-order valence-electron chi connectivity index (χ3n) is 2.53. The van der Waals surface area contributed by atoms with E-state index in [2.05, 4.69) is 10.8 Å². The highest BCUT2D eigenvalue weighted by Crippen LogP contribution is 2.19. The largest absolute Gasteiger partial charge is 0.511 e. The summed E-state index contributed by atoms with van der Waals surface area (Å²) in [4.78, 5) is 10.4. The number of benzene rings is 2. The van der Waals surface area contributed by atoms with Gasteiger partial charge in [-0.05, 0) is 29.8 Å². The second-order valence-corrected chi connectivity index (χ2v) is 3.91. The molecule has 0 aliphatic carbocycles. The quantitative estimate of drug-likeness (QED) is 0.681. The second kappa shape index (κ2) is 6.25. The first-order valence-corrected chi connectivity index (χ1v) is 5.80. The minimum absolute atomic E-state index is 0.249. The van der Waals surface area contributed by atoms with Gasteiger partial charge in [0.15, 0.2) is 0 Å². The molecule has 2 aromatic rings. The molecule has 0 heterocycles. The number of ether oxygens (including phenoxy) is 2. The molecule has 0 bridgehead atoms. The van der Waals surface area contributed by atoms with E-state index in [-0.39, 0.29) is 12.4 Å². The Hall–Kier alpha value is -3.00. The van der Waals surface area contributed by atoms with Crippen molar-refractivity contribution >= 4 is 6.16 Å². The molecule has 2 aromatic carbocycles. The molecule has 0 saturated heterocycles. The topological polar surface area (TPSA) is 79.5 Å². The zero-order valence-electron chi connectivity index (χ0n) is 10.4. The average molecular weight is 269 g/mol. The van der Waals surface area contributed by atoms with E-state index in [0.717, 1.165) is 5.56 Å². The summed E-state index contributed by atoms with van der Waals surface area (Å²) in [6.07, 6.45) is -1.35. The van der Waals surface area contributed by atoms with Crippen LogP contribution < -0.4 is 9.47 Å². The third-order valence-corrected chi connectivity index (χ3v) is 2.53. The van der Waals surface area contributed by atoms with Gasteiger partial charge in [-0.2, -0.15) is 5.26 Å². The second-order valence-electron chi connectivity index (χ2n) is 3.91. The van der Waals surface area contributed by atoms with E-state index in [1.807, 2.05) is 0 Å². The van der Waals surface area contributed by atoms with E-state index < -0.39 is 6.16 Å². The third kappa shape index (κ3) is 3.50. The molecule has 0 radical (unpaired) electrons. The van der Waals surface area contributed by atoms with Gasteiger partial charge in [0.05, 0.1) is 5.56 Å². The van der Waals surface area contributed by atoms with Gasteiger partial charge in [0.2, 0.25) is 0 Å². The Morgan fingerprint density at radius 3 is 2.50 bits per heavy atom. The molecule has 0 saturated carbocycles. The molecule has 20 heavy (non-hydrogen) atoms. The minimum Gasteiger partial charge on any atom is -0.488 e. The fourth-order valence-corrected chi connectivity index (χ4v) is 1.60. The van der Waals surface area contributed by atoms with Gasteiger partial charge in [0.1, 0.15) is 24.2 Å². The van der Waals surface area contributed by atoms with Crippen molar-refractivity contribution in [3.05, 3.63) is 59.7 Å². The lowest BCUT2D eigenvalue weighted by Gasteiger charge is -2.08. The molecule has 0 spiro atoms. The van der Waals surface area contributed by atoms with Crippen molar-refractivity contribution in [2.45, 2.75) is 6.61 Å². The van der Waals surface area contributed by atoms with Gasteiger partial charge in [-0.1, -0.05) is 24.3 Å². The van der Waals surface area contributed by atoms with E-state index in [9.17, 15) is 4.79 Å². The van der Waals surface area contributed by atoms with Crippen LogP contribution in [-0.2, 0) is 6.61 Å². The van der Waals surface area contributed by atoms with E-state index in [1.165, 1.54) is 0 Å². The van der Waals surface area contributed by atoms with Crippen molar-refractivity contribution in [3.8, 4) is 17.6 Å². The highest BCUT2D eigenvalue weighted by molar-refractivity contribution is 5.61. The van der Waals surface area contributed by atoms with Crippen LogP contribution in [0.15, 0.2) is 48.5 Å². The Morgan fingerprint density at radius 1 is 1.15 bits per heavy atom. The molecule has 0 aliphatic rings. The number of hydrogen-bond acceptors (Lipinski definition) is 4. The van der Waals surface area contributed by atoms with Crippen molar-refractivity contribution < 1.29 is 19.4 Å². The predicted octanol–water partition coefficient (Wildman–Crippen LogP) is 3.19. The number of carbonyl (C=O) groups is 1. The molecule has 0 unspecified atom stereocenters. The average Bonchev–Trinajstić information content (AvgIpc) is 2.46. The monoisotopic (exact) mass is 269 g/mol. The Morgan fingerprint density at radius 2 is 1.85 bits per heavy atom. The molecule has 5 nitrogen and oxygen atoms in total. The standard InChI is InChI=1S/C15H11NO4/c16-9-12-3-1-2-4-14(12)19-10-11-5-7-13(8-6-11)20-15(17)18/h1-8H,10H2,(H,17,18). The van der Waals surface area contributed by atoms with Gasteiger partial charge in [0.25, 0.3) is 0 Å². The van der Waals surface area contributed by atoms with Crippen molar-refractivity contribution in [3.63, 3.8) is 0 Å².